The summed E-state index contributed by atoms with van der Waals surface area (Å²) in [5.74, 6) is -0.167. The number of benzene rings is 1. The fourth-order valence-electron chi connectivity index (χ4n) is 3.97. The van der Waals surface area contributed by atoms with Crippen molar-refractivity contribution in [3.63, 3.8) is 0 Å². The monoisotopic (exact) mass is 503 g/mol. The summed E-state index contributed by atoms with van der Waals surface area (Å²) >= 11 is 7.52. The Morgan fingerprint density at radius 2 is 1.88 bits per heavy atom. The lowest BCUT2D eigenvalue weighted by Crippen LogP contribution is -2.45. The lowest BCUT2D eigenvalue weighted by Gasteiger charge is -2.32. The van der Waals surface area contributed by atoms with Crippen molar-refractivity contribution in [2.24, 2.45) is 5.92 Å². The predicted octanol–water partition coefficient (Wildman–Crippen LogP) is 2.46. The van der Waals surface area contributed by atoms with Crippen molar-refractivity contribution in [3.8, 4) is 11.3 Å². The standard InChI is InChI=1S/C23H30ClN7O2S/c1-28(2)13-10-25-20(32)15-29(3)21(33)17-8-11-30(12-9-17)23-27-31-14-19(26-22(31)34-23)16-4-6-18(24)7-5-16/h4-7,14,17H,8-13,15H2,1-3H3,(H,25,32). The van der Waals surface area contributed by atoms with Gasteiger partial charge in [-0.3, -0.25) is 9.59 Å². The normalized spacial score (nSPS) is 14.7. The van der Waals surface area contributed by atoms with Gasteiger partial charge in [-0.2, -0.15) is 0 Å². The second-order valence-electron chi connectivity index (χ2n) is 8.85. The molecule has 182 valence electrons. The minimum absolute atomic E-state index is 0.0314. The highest BCUT2D eigenvalue weighted by molar-refractivity contribution is 7.20. The topological polar surface area (TPSA) is 86.1 Å². The molecular weight excluding hydrogens is 474 g/mol. The first kappa shape index (κ1) is 24.4. The van der Waals surface area contributed by atoms with Crippen LogP contribution < -0.4 is 10.2 Å². The molecule has 3 aromatic rings. The Morgan fingerprint density at radius 3 is 2.53 bits per heavy atom. The van der Waals surface area contributed by atoms with E-state index in [0.717, 1.165) is 53.8 Å². The van der Waals surface area contributed by atoms with Gasteiger partial charge in [0.25, 0.3) is 0 Å². The number of hydrogen-bond acceptors (Lipinski definition) is 7. The molecule has 0 spiro atoms. The molecule has 0 bridgehead atoms. The van der Waals surface area contributed by atoms with Crippen molar-refractivity contribution in [2.75, 3.05) is 58.8 Å². The lowest BCUT2D eigenvalue weighted by molar-refractivity contribution is -0.138. The largest absolute Gasteiger partial charge is 0.353 e. The van der Waals surface area contributed by atoms with Gasteiger partial charge in [-0.05, 0) is 39.1 Å². The van der Waals surface area contributed by atoms with Gasteiger partial charge in [-0.15, -0.1) is 5.10 Å². The number of amides is 2. The second kappa shape index (κ2) is 10.7. The summed E-state index contributed by atoms with van der Waals surface area (Å²) in [5, 5.41) is 9.16. The van der Waals surface area contributed by atoms with Gasteiger partial charge in [0, 0.05) is 49.7 Å². The molecule has 3 heterocycles. The van der Waals surface area contributed by atoms with E-state index in [1.807, 2.05) is 54.0 Å². The summed E-state index contributed by atoms with van der Waals surface area (Å²) in [6.07, 6.45) is 3.40. The SMILES string of the molecule is CN(C)CCNC(=O)CN(C)C(=O)C1CCN(c2nn3cc(-c4ccc(Cl)cc4)nc3s2)CC1. The molecule has 1 aliphatic heterocycles. The van der Waals surface area contributed by atoms with E-state index in [0.29, 0.717) is 11.6 Å². The van der Waals surface area contributed by atoms with Crippen molar-refractivity contribution in [1.29, 1.82) is 0 Å². The van der Waals surface area contributed by atoms with Crippen LogP contribution in [0.4, 0.5) is 5.13 Å². The minimum Gasteiger partial charge on any atom is -0.353 e. The Hall–Kier alpha value is -2.69. The number of hydrogen-bond donors (Lipinski definition) is 1. The van der Waals surface area contributed by atoms with E-state index in [4.69, 9.17) is 21.7 Å². The molecular formula is C23H30ClN7O2S. The Morgan fingerprint density at radius 1 is 1.18 bits per heavy atom. The van der Waals surface area contributed by atoms with Crippen LogP contribution in [-0.4, -0.2) is 90.1 Å². The van der Waals surface area contributed by atoms with Gasteiger partial charge in [0.05, 0.1) is 18.4 Å². The highest BCUT2D eigenvalue weighted by Crippen LogP contribution is 2.30. The molecule has 2 amide bonds. The molecule has 34 heavy (non-hydrogen) atoms. The fourth-order valence-corrected chi connectivity index (χ4v) is 5.04. The number of anilines is 1. The summed E-state index contributed by atoms with van der Waals surface area (Å²) < 4.78 is 1.81. The highest BCUT2D eigenvalue weighted by Gasteiger charge is 2.29. The molecule has 0 aliphatic carbocycles. The fraction of sp³-hybridized carbons (Fsp3) is 0.478. The number of fused-ring (bicyclic) bond motifs is 1. The average Bonchev–Trinajstić information content (AvgIpc) is 3.38. The van der Waals surface area contributed by atoms with Crippen molar-refractivity contribution >= 4 is 44.8 Å². The lowest BCUT2D eigenvalue weighted by atomic mass is 9.95. The van der Waals surface area contributed by atoms with Crippen LogP contribution >= 0.6 is 22.9 Å². The Bertz CT molecular complexity index is 1100. The van der Waals surface area contributed by atoms with Gasteiger partial charge in [0.2, 0.25) is 21.9 Å². The first-order valence-electron chi connectivity index (χ1n) is 11.3. The summed E-state index contributed by atoms with van der Waals surface area (Å²) in [5.41, 5.74) is 1.86. The number of carbonyl (C=O) groups is 2. The van der Waals surface area contributed by atoms with Gasteiger partial charge in [-0.25, -0.2) is 9.50 Å². The smallest absolute Gasteiger partial charge is 0.239 e. The quantitative estimate of drug-likeness (QED) is 0.508. The molecule has 4 rings (SSSR count). The summed E-state index contributed by atoms with van der Waals surface area (Å²) in [6.45, 7) is 2.93. The molecule has 2 aromatic heterocycles. The van der Waals surface area contributed by atoms with Crippen LogP contribution in [0.5, 0.6) is 0 Å². The van der Waals surface area contributed by atoms with Crippen LogP contribution in [0.2, 0.25) is 5.02 Å². The van der Waals surface area contributed by atoms with Crippen molar-refractivity contribution in [3.05, 3.63) is 35.5 Å². The molecule has 1 N–H and O–H groups in total. The third-order valence-electron chi connectivity index (χ3n) is 5.93. The van der Waals surface area contributed by atoms with Crippen LogP contribution in [0.3, 0.4) is 0 Å². The van der Waals surface area contributed by atoms with Crippen molar-refractivity contribution < 1.29 is 9.59 Å². The van der Waals surface area contributed by atoms with Gasteiger partial charge in [0.1, 0.15) is 0 Å². The second-order valence-corrected chi connectivity index (χ2v) is 10.2. The maximum atomic E-state index is 12.8. The van der Waals surface area contributed by atoms with Crippen LogP contribution in [-0.2, 0) is 9.59 Å². The zero-order valence-corrected chi connectivity index (χ0v) is 21.3. The van der Waals surface area contributed by atoms with Gasteiger partial charge in [0.15, 0.2) is 0 Å². The van der Waals surface area contributed by atoms with E-state index in [1.165, 1.54) is 0 Å². The predicted molar refractivity (Wildman–Crippen MR) is 135 cm³/mol. The average molecular weight is 504 g/mol. The number of carbonyl (C=O) groups excluding carboxylic acids is 2. The van der Waals surface area contributed by atoms with E-state index in [1.54, 1.807) is 23.3 Å². The Balaban J connectivity index is 1.29. The first-order chi connectivity index (χ1) is 16.3. The Labute approximate surface area is 208 Å². The summed E-state index contributed by atoms with van der Waals surface area (Å²) in [6, 6.07) is 7.59. The number of halogens is 1. The van der Waals surface area contributed by atoms with Gasteiger partial charge >= 0.3 is 0 Å². The van der Waals surface area contributed by atoms with E-state index in [9.17, 15) is 9.59 Å². The highest BCUT2D eigenvalue weighted by atomic mass is 35.5. The third kappa shape index (κ3) is 5.86. The summed E-state index contributed by atoms with van der Waals surface area (Å²) in [7, 11) is 5.61. The van der Waals surface area contributed by atoms with Crippen molar-refractivity contribution in [1.82, 2.24) is 29.7 Å². The molecule has 0 unspecified atom stereocenters. The number of imidazole rings is 1. The van der Waals surface area contributed by atoms with Crippen LogP contribution in [0.25, 0.3) is 16.2 Å². The van der Waals surface area contributed by atoms with E-state index < -0.39 is 0 Å². The molecule has 9 nitrogen and oxygen atoms in total. The molecule has 1 aromatic carbocycles. The number of aromatic nitrogens is 3. The molecule has 1 fully saturated rings. The number of piperidine rings is 1. The Kier molecular flexibility index (Phi) is 7.70. The molecule has 1 saturated heterocycles. The number of nitrogens with zero attached hydrogens (tertiary/aromatic N) is 6. The van der Waals surface area contributed by atoms with Gasteiger partial charge < -0.3 is 20.0 Å². The first-order valence-corrected chi connectivity index (χ1v) is 12.5. The van der Waals surface area contributed by atoms with Crippen LogP contribution in [0.1, 0.15) is 12.8 Å². The van der Waals surface area contributed by atoms with Crippen molar-refractivity contribution in [2.45, 2.75) is 12.8 Å². The zero-order chi connectivity index (χ0) is 24.2. The minimum atomic E-state index is -0.126. The summed E-state index contributed by atoms with van der Waals surface area (Å²) in [4.78, 5) is 36.2. The van der Waals surface area contributed by atoms with Crippen LogP contribution in [0, 0.1) is 5.92 Å². The van der Waals surface area contributed by atoms with E-state index in [-0.39, 0.29) is 24.3 Å². The number of likely N-dealkylation sites (N-methyl/N-ethyl adjacent to an activating group) is 2. The molecule has 1 aliphatic rings. The maximum Gasteiger partial charge on any atom is 0.239 e. The van der Waals surface area contributed by atoms with Gasteiger partial charge in [-0.1, -0.05) is 35.1 Å². The number of nitrogens with one attached hydrogen (secondary N) is 1. The molecule has 0 saturated carbocycles. The number of rotatable bonds is 8. The maximum absolute atomic E-state index is 12.8. The van der Waals surface area contributed by atoms with Crippen LogP contribution in [0.15, 0.2) is 30.5 Å². The van der Waals surface area contributed by atoms with E-state index in [2.05, 4.69) is 10.2 Å². The molecule has 0 atom stereocenters. The molecule has 0 radical (unpaired) electrons. The van der Waals surface area contributed by atoms with E-state index >= 15 is 0 Å². The molecule has 11 heteroatoms. The third-order valence-corrected chi connectivity index (χ3v) is 7.16. The zero-order valence-electron chi connectivity index (χ0n) is 19.7.